The molecular formula is C26H40O2SSi. The molecular weight excluding hydrogens is 404 g/mol. The van der Waals surface area contributed by atoms with E-state index in [1.807, 2.05) is 12.1 Å². The van der Waals surface area contributed by atoms with Crippen molar-refractivity contribution >= 4 is 26.4 Å². The maximum Gasteiger partial charge on any atom is 0.434 e. The molecule has 166 valence electrons. The van der Waals surface area contributed by atoms with Gasteiger partial charge in [-0.15, -0.1) is 12.6 Å². The van der Waals surface area contributed by atoms with Gasteiger partial charge >= 0.3 is 8.56 Å². The molecule has 0 fully saturated rings. The molecule has 0 amide bonds. The van der Waals surface area contributed by atoms with Crippen molar-refractivity contribution in [3.05, 3.63) is 53.6 Å². The van der Waals surface area contributed by atoms with E-state index in [1.54, 1.807) is 0 Å². The van der Waals surface area contributed by atoms with Crippen molar-refractivity contribution < 1.29 is 8.85 Å². The number of rotatable bonds is 8. The monoisotopic (exact) mass is 444 g/mol. The molecule has 0 spiro atoms. The van der Waals surface area contributed by atoms with Crippen LogP contribution in [0.2, 0.25) is 6.04 Å². The Morgan fingerprint density at radius 1 is 0.867 bits per heavy atom. The molecule has 2 aromatic carbocycles. The van der Waals surface area contributed by atoms with Gasteiger partial charge in [0.2, 0.25) is 0 Å². The van der Waals surface area contributed by atoms with Crippen LogP contribution in [0.4, 0.5) is 0 Å². The second-order valence-corrected chi connectivity index (χ2v) is 13.7. The first kappa shape index (κ1) is 25.0. The lowest BCUT2D eigenvalue weighted by Gasteiger charge is -2.35. The van der Waals surface area contributed by atoms with Crippen LogP contribution in [0, 0.1) is 0 Å². The summed E-state index contributed by atoms with van der Waals surface area (Å²) in [4.78, 5) is 0.956. The van der Waals surface area contributed by atoms with E-state index in [9.17, 15) is 0 Å². The first-order valence-corrected chi connectivity index (χ1v) is 13.7. The summed E-state index contributed by atoms with van der Waals surface area (Å²) >= 11 is 4.78. The van der Waals surface area contributed by atoms with Gasteiger partial charge in [-0.1, -0.05) is 92.1 Å². The molecule has 30 heavy (non-hydrogen) atoms. The SMILES string of the molecule is CCCO[Si](CCC)(Oc1ccc(C(C)(C)C)cc1C(C)(C)C)c1ccccc1S. The van der Waals surface area contributed by atoms with Crippen LogP contribution in [-0.4, -0.2) is 15.2 Å². The standard InChI is InChI=1S/C26H40O2SSi/c1-9-17-27-30(18-10-2,24-14-12-11-13-23(24)29)28-22-16-15-20(25(3,4)5)19-21(22)26(6,7)8/h11-16,19,29H,9-10,17-18H2,1-8H3. The van der Waals surface area contributed by atoms with E-state index in [1.165, 1.54) is 11.1 Å². The fourth-order valence-corrected chi connectivity index (χ4v) is 7.72. The van der Waals surface area contributed by atoms with Gasteiger partial charge in [-0.3, -0.25) is 0 Å². The van der Waals surface area contributed by atoms with Crippen molar-refractivity contribution in [2.45, 2.75) is 90.0 Å². The van der Waals surface area contributed by atoms with Crippen LogP contribution in [0.15, 0.2) is 47.4 Å². The molecule has 0 aliphatic carbocycles. The van der Waals surface area contributed by atoms with Crippen molar-refractivity contribution in [1.29, 1.82) is 0 Å². The predicted molar refractivity (Wildman–Crippen MR) is 135 cm³/mol. The molecule has 2 aromatic rings. The summed E-state index contributed by atoms with van der Waals surface area (Å²) in [5, 5.41) is 1.13. The van der Waals surface area contributed by atoms with Gasteiger partial charge in [0.05, 0.1) is 0 Å². The van der Waals surface area contributed by atoms with Crippen LogP contribution in [0.25, 0.3) is 0 Å². The lowest BCUT2D eigenvalue weighted by Crippen LogP contribution is -2.57. The number of thiol groups is 1. The Hall–Kier alpha value is -1.23. The summed E-state index contributed by atoms with van der Waals surface area (Å²) in [6.45, 7) is 18.6. The number of hydrogen-bond acceptors (Lipinski definition) is 3. The van der Waals surface area contributed by atoms with Crippen molar-refractivity contribution in [2.24, 2.45) is 0 Å². The quantitative estimate of drug-likeness (QED) is 0.345. The highest BCUT2D eigenvalue weighted by Gasteiger charge is 2.44. The third-order valence-electron chi connectivity index (χ3n) is 5.36. The molecule has 0 aliphatic heterocycles. The van der Waals surface area contributed by atoms with Gasteiger partial charge in [-0.05, 0) is 40.5 Å². The van der Waals surface area contributed by atoms with E-state index in [4.69, 9.17) is 21.5 Å². The van der Waals surface area contributed by atoms with Gasteiger partial charge in [0, 0.05) is 22.7 Å². The molecule has 0 saturated heterocycles. The molecule has 0 saturated carbocycles. The fourth-order valence-electron chi connectivity index (χ4n) is 3.66. The van der Waals surface area contributed by atoms with E-state index in [2.05, 4.69) is 85.7 Å². The van der Waals surface area contributed by atoms with Crippen molar-refractivity contribution in [2.75, 3.05) is 6.61 Å². The molecule has 0 radical (unpaired) electrons. The average molecular weight is 445 g/mol. The third-order valence-corrected chi connectivity index (χ3v) is 9.60. The molecule has 0 heterocycles. The van der Waals surface area contributed by atoms with Crippen LogP contribution in [0.1, 0.15) is 79.4 Å². The maximum absolute atomic E-state index is 7.00. The Labute approximate surface area is 191 Å². The zero-order valence-electron chi connectivity index (χ0n) is 20.1. The molecule has 0 N–H and O–H groups in total. The lowest BCUT2D eigenvalue weighted by atomic mass is 9.80. The predicted octanol–water partition coefficient (Wildman–Crippen LogP) is 7.14. The molecule has 2 rings (SSSR count). The lowest BCUT2D eigenvalue weighted by molar-refractivity contribution is 0.245. The smallest absolute Gasteiger partial charge is 0.434 e. The summed E-state index contributed by atoms with van der Waals surface area (Å²) in [5.74, 6) is 0.948. The van der Waals surface area contributed by atoms with Gasteiger partial charge in [0.15, 0.2) is 0 Å². The molecule has 0 bridgehead atoms. The number of hydrogen-bond donors (Lipinski definition) is 1. The third kappa shape index (κ3) is 5.92. The van der Waals surface area contributed by atoms with Gasteiger partial charge in [-0.25, -0.2) is 0 Å². The first-order chi connectivity index (χ1) is 13.9. The Balaban J connectivity index is 2.66. The summed E-state index contributed by atoms with van der Waals surface area (Å²) in [6, 6.07) is 15.9. The topological polar surface area (TPSA) is 18.5 Å². The van der Waals surface area contributed by atoms with Crippen LogP contribution < -0.4 is 9.61 Å². The Kier molecular flexibility index (Phi) is 8.28. The summed E-state index contributed by atoms with van der Waals surface area (Å²) < 4.78 is 13.6. The number of benzene rings is 2. The van der Waals surface area contributed by atoms with Crippen LogP contribution in [0.5, 0.6) is 5.75 Å². The minimum Gasteiger partial charge on any atom is -0.517 e. The van der Waals surface area contributed by atoms with Gasteiger partial charge in [0.25, 0.3) is 0 Å². The summed E-state index contributed by atoms with van der Waals surface area (Å²) in [5.41, 5.74) is 2.62. The molecule has 4 heteroatoms. The molecule has 2 nitrogen and oxygen atoms in total. The van der Waals surface area contributed by atoms with Gasteiger partial charge in [-0.2, -0.15) is 0 Å². The van der Waals surface area contributed by atoms with Crippen molar-refractivity contribution in [3.8, 4) is 5.75 Å². The highest BCUT2D eigenvalue weighted by atomic mass is 32.1. The highest BCUT2D eigenvalue weighted by Crippen LogP contribution is 2.37. The van der Waals surface area contributed by atoms with Gasteiger partial charge < -0.3 is 8.85 Å². The fraction of sp³-hybridized carbons (Fsp3) is 0.538. The second kappa shape index (κ2) is 9.93. The van der Waals surface area contributed by atoms with Crippen LogP contribution in [0.3, 0.4) is 0 Å². The van der Waals surface area contributed by atoms with E-state index in [-0.39, 0.29) is 10.8 Å². The van der Waals surface area contributed by atoms with Crippen molar-refractivity contribution in [1.82, 2.24) is 0 Å². The van der Waals surface area contributed by atoms with Crippen LogP contribution in [-0.2, 0) is 15.3 Å². The summed E-state index contributed by atoms with van der Waals surface area (Å²) in [6.07, 6.45) is 1.97. The maximum atomic E-state index is 7.00. The second-order valence-electron chi connectivity index (χ2n) is 10.2. The van der Waals surface area contributed by atoms with E-state index < -0.39 is 8.56 Å². The molecule has 1 unspecified atom stereocenters. The highest BCUT2D eigenvalue weighted by molar-refractivity contribution is 7.80. The van der Waals surface area contributed by atoms with E-state index >= 15 is 0 Å². The Bertz CT molecular complexity index is 836. The van der Waals surface area contributed by atoms with E-state index in [0.29, 0.717) is 6.61 Å². The minimum atomic E-state index is -2.73. The summed E-state index contributed by atoms with van der Waals surface area (Å²) in [7, 11) is -2.73. The zero-order valence-corrected chi connectivity index (χ0v) is 22.0. The Morgan fingerprint density at radius 3 is 2.07 bits per heavy atom. The first-order valence-electron chi connectivity index (χ1n) is 11.2. The minimum absolute atomic E-state index is 0.0335. The van der Waals surface area contributed by atoms with Gasteiger partial charge in [0.1, 0.15) is 5.75 Å². The van der Waals surface area contributed by atoms with E-state index in [0.717, 1.165) is 34.7 Å². The molecule has 1 atom stereocenters. The van der Waals surface area contributed by atoms with Crippen molar-refractivity contribution in [3.63, 3.8) is 0 Å². The molecule has 0 aliphatic rings. The molecule has 0 aromatic heterocycles. The van der Waals surface area contributed by atoms with Crippen LogP contribution >= 0.6 is 12.6 Å². The normalized spacial score (nSPS) is 14.4. The average Bonchev–Trinajstić information content (AvgIpc) is 2.65. The zero-order chi connectivity index (χ0) is 22.6. The largest absolute Gasteiger partial charge is 0.517 e. The Morgan fingerprint density at radius 2 is 1.53 bits per heavy atom.